The molecule has 1 heterocycles. The van der Waals surface area contributed by atoms with Gasteiger partial charge in [0.2, 0.25) is 5.91 Å². The normalized spacial score (nSPS) is 17.4. The van der Waals surface area contributed by atoms with Crippen LogP contribution in [0, 0.1) is 0 Å². The highest BCUT2D eigenvalue weighted by molar-refractivity contribution is 7.91. The number of amides is 1. The Hall–Kier alpha value is -2.41. The van der Waals surface area contributed by atoms with E-state index in [9.17, 15) is 18.0 Å². The predicted octanol–water partition coefficient (Wildman–Crippen LogP) is 2.17. The molecule has 1 atom stereocenters. The Morgan fingerprint density at radius 1 is 1.15 bits per heavy atom. The van der Waals surface area contributed by atoms with E-state index < -0.39 is 21.8 Å². The standard InChI is InChI=1S/C19H21NO5S/c1-25-19(22)17-7-4-11-20(17)18(21)10-12-26(23,24)16-9-8-14-5-2-3-6-15(14)13-16/h2-3,5-6,8-9,13,17H,4,7,10-12H2,1H3/t17-/m1/s1. The van der Waals surface area contributed by atoms with Crippen molar-refractivity contribution in [1.82, 2.24) is 4.90 Å². The van der Waals surface area contributed by atoms with Crippen LogP contribution in [0.1, 0.15) is 19.3 Å². The zero-order valence-corrected chi connectivity index (χ0v) is 15.4. The van der Waals surface area contributed by atoms with Gasteiger partial charge in [0, 0.05) is 13.0 Å². The topological polar surface area (TPSA) is 80.8 Å². The number of esters is 1. The van der Waals surface area contributed by atoms with Crippen molar-refractivity contribution in [2.24, 2.45) is 0 Å². The molecule has 2 aromatic carbocycles. The Morgan fingerprint density at radius 3 is 2.62 bits per heavy atom. The van der Waals surface area contributed by atoms with Gasteiger partial charge in [0.25, 0.3) is 0 Å². The molecule has 1 aliphatic rings. The summed E-state index contributed by atoms with van der Waals surface area (Å²) in [5, 5.41) is 1.80. The second kappa shape index (κ2) is 7.45. The first-order chi connectivity index (χ1) is 12.4. The SMILES string of the molecule is COC(=O)[C@H]1CCCN1C(=O)CCS(=O)(=O)c1ccc2ccccc2c1. The maximum atomic E-state index is 12.6. The number of hydrogen-bond donors (Lipinski definition) is 0. The van der Waals surface area contributed by atoms with Gasteiger partial charge < -0.3 is 9.64 Å². The summed E-state index contributed by atoms with van der Waals surface area (Å²) >= 11 is 0. The highest BCUT2D eigenvalue weighted by Crippen LogP contribution is 2.22. The highest BCUT2D eigenvalue weighted by atomic mass is 32.2. The molecule has 1 amide bonds. The third-order valence-electron chi connectivity index (χ3n) is 4.71. The van der Waals surface area contributed by atoms with Crippen molar-refractivity contribution in [2.45, 2.75) is 30.2 Å². The minimum Gasteiger partial charge on any atom is -0.467 e. The lowest BCUT2D eigenvalue weighted by Crippen LogP contribution is -2.41. The molecule has 1 fully saturated rings. The minimum atomic E-state index is -3.58. The molecule has 0 bridgehead atoms. The zero-order valence-electron chi connectivity index (χ0n) is 14.6. The summed E-state index contributed by atoms with van der Waals surface area (Å²) in [6, 6.07) is 11.9. The van der Waals surface area contributed by atoms with E-state index in [1.165, 1.54) is 12.0 Å². The van der Waals surface area contributed by atoms with E-state index in [2.05, 4.69) is 0 Å². The van der Waals surface area contributed by atoms with Gasteiger partial charge in [-0.25, -0.2) is 13.2 Å². The number of hydrogen-bond acceptors (Lipinski definition) is 5. The molecule has 0 unspecified atom stereocenters. The molecule has 1 saturated heterocycles. The fourth-order valence-electron chi connectivity index (χ4n) is 3.29. The van der Waals surface area contributed by atoms with Gasteiger partial charge in [-0.05, 0) is 35.7 Å². The van der Waals surface area contributed by atoms with E-state index in [4.69, 9.17) is 4.74 Å². The van der Waals surface area contributed by atoms with Crippen molar-refractivity contribution in [3.63, 3.8) is 0 Å². The van der Waals surface area contributed by atoms with Crippen molar-refractivity contribution < 1.29 is 22.7 Å². The molecule has 0 spiro atoms. The summed E-state index contributed by atoms with van der Waals surface area (Å²) in [4.78, 5) is 25.8. The number of carbonyl (C=O) groups is 2. The molecule has 0 radical (unpaired) electrons. The largest absolute Gasteiger partial charge is 0.467 e. The van der Waals surface area contributed by atoms with Gasteiger partial charge in [-0.15, -0.1) is 0 Å². The predicted molar refractivity (Wildman–Crippen MR) is 97.4 cm³/mol. The molecule has 6 nitrogen and oxygen atoms in total. The molecular weight excluding hydrogens is 354 g/mol. The van der Waals surface area contributed by atoms with E-state index in [0.29, 0.717) is 19.4 Å². The maximum absolute atomic E-state index is 12.6. The number of nitrogens with zero attached hydrogens (tertiary/aromatic N) is 1. The summed E-state index contributed by atoms with van der Waals surface area (Å²) in [5.41, 5.74) is 0. The fourth-order valence-corrected chi connectivity index (χ4v) is 4.55. The minimum absolute atomic E-state index is 0.150. The summed E-state index contributed by atoms with van der Waals surface area (Å²) < 4.78 is 29.9. The number of rotatable bonds is 5. The number of sulfone groups is 1. The van der Waals surface area contributed by atoms with Gasteiger partial charge in [0.15, 0.2) is 9.84 Å². The van der Waals surface area contributed by atoms with Crippen molar-refractivity contribution in [3.05, 3.63) is 42.5 Å². The van der Waals surface area contributed by atoms with Crippen LogP contribution in [0.5, 0.6) is 0 Å². The second-order valence-electron chi connectivity index (χ2n) is 6.35. The van der Waals surface area contributed by atoms with Crippen LogP contribution in [0.4, 0.5) is 0 Å². The molecular formula is C19H21NO5S. The van der Waals surface area contributed by atoms with Crippen LogP contribution in [-0.2, 0) is 24.2 Å². The molecule has 0 aliphatic carbocycles. The van der Waals surface area contributed by atoms with Gasteiger partial charge in [-0.2, -0.15) is 0 Å². The van der Waals surface area contributed by atoms with Gasteiger partial charge in [0.05, 0.1) is 17.8 Å². The second-order valence-corrected chi connectivity index (χ2v) is 8.46. The number of likely N-dealkylation sites (tertiary alicyclic amines) is 1. The van der Waals surface area contributed by atoms with E-state index in [1.807, 2.05) is 24.3 Å². The summed E-state index contributed by atoms with van der Waals surface area (Å²) in [5.74, 6) is -1.07. The molecule has 0 aromatic heterocycles. The van der Waals surface area contributed by atoms with Crippen molar-refractivity contribution >= 4 is 32.5 Å². The van der Waals surface area contributed by atoms with Gasteiger partial charge >= 0.3 is 5.97 Å². The average molecular weight is 375 g/mol. The van der Waals surface area contributed by atoms with Crippen LogP contribution in [-0.4, -0.2) is 50.6 Å². The van der Waals surface area contributed by atoms with Gasteiger partial charge in [-0.3, -0.25) is 4.79 Å². The third kappa shape index (κ3) is 3.72. The first-order valence-electron chi connectivity index (χ1n) is 8.51. The average Bonchev–Trinajstić information content (AvgIpc) is 3.15. The number of fused-ring (bicyclic) bond motifs is 1. The van der Waals surface area contributed by atoms with Crippen molar-refractivity contribution in [1.29, 1.82) is 0 Å². The van der Waals surface area contributed by atoms with Gasteiger partial charge in [-0.1, -0.05) is 30.3 Å². The number of ether oxygens (including phenoxy) is 1. The number of carbonyl (C=O) groups excluding carboxylic acids is 2. The first-order valence-corrected chi connectivity index (χ1v) is 10.2. The molecule has 2 aromatic rings. The Morgan fingerprint density at radius 2 is 1.88 bits per heavy atom. The summed E-state index contributed by atoms with van der Waals surface area (Å²) in [6.45, 7) is 0.453. The highest BCUT2D eigenvalue weighted by Gasteiger charge is 2.35. The van der Waals surface area contributed by atoms with E-state index in [1.54, 1.807) is 18.2 Å². The molecule has 3 rings (SSSR count). The molecule has 1 aliphatic heterocycles. The number of benzene rings is 2. The smallest absolute Gasteiger partial charge is 0.328 e. The number of methoxy groups -OCH3 is 1. The lowest BCUT2D eigenvalue weighted by atomic mass is 10.1. The van der Waals surface area contributed by atoms with Crippen LogP contribution in [0.2, 0.25) is 0 Å². The van der Waals surface area contributed by atoms with Crippen molar-refractivity contribution in [2.75, 3.05) is 19.4 Å². The molecule has 138 valence electrons. The Labute approximate surface area is 152 Å². The maximum Gasteiger partial charge on any atom is 0.328 e. The zero-order chi connectivity index (χ0) is 18.7. The van der Waals surface area contributed by atoms with Gasteiger partial charge in [0.1, 0.15) is 6.04 Å². The van der Waals surface area contributed by atoms with Crippen LogP contribution < -0.4 is 0 Å². The molecule has 26 heavy (non-hydrogen) atoms. The first kappa shape index (κ1) is 18.4. The molecule has 0 N–H and O–H groups in total. The van der Waals surface area contributed by atoms with Crippen molar-refractivity contribution in [3.8, 4) is 0 Å². The van der Waals surface area contributed by atoms with E-state index in [-0.39, 0.29) is 23.0 Å². The third-order valence-corrected chi connectivity index (χ3v) is 6.42. The Balaban J connectivity index is 1.71. The summed E-state index contributed by atoms with van der Waals surface area (Å²) in [6.07, 6.45) is 1.11. The lowest BCUT2D eigenvalue weighted by molar-refractivity contribution is -0.150. The van der Waals surface area contributed by atoms with E-state index in [0.717, 1.165) is 10.8 Å². The quantitative estimate of drug-likeness (QED) is 0.748. The Kier molecular flexibility index (Phi) is 5.27. The van der Waals surface area contributed by atoms with Crippen LogP contribution in [0.25, 0.3) is 10.8 Å². The lowest BCUT2D eigenvalue weighted by Gasteiger charge is -2.22. The Bertz CT molecular complexity index is 938. The van der Waals surface area contributed by atoms with Crippen LogP contribution in [0.3, 0.4) is 0 Å². The van der Waals surface area contributed by atoms with Crippen LogP contribution in [0.15, 0.2) is 47.4 Å². The van der Waals surface area contributed by atoms with Crippen LogP contribution >= 0.6 is 0 Å². The fraction of sp³-hybridized carbons (Fsp3) is 0.368. The van der Waals surface area contributed by atoms with E-state index >= 15 is 0 Å². The molecule has 7 heteroatoms. The molecule has 0 saturated carbocycles. The monoisotopic (exact) mass is 375 g/mol. The summed E-state index contributed by atoms with van der Waals surface area (Å²) in [7, 11) is -2.30.